The largest absolute Gasteiger partial charge is 0.523 e. The van der Waals surface area contributed by atoms with Gasteiger partial charge in [-0.25, -0.2) is 0 Å². The van der Waals surface area contributed by atoms with Crippen molar-refractivity contribution in [2.24, 2.45) is 0 Å². The van der Waals surface area contributed by atoms with E-state index in [9.17, 15) is 23.1 Å². The highest BCUT2D eigenvalue weighted by Gasteiger charge is 2.49. The first-order valence-electron chi connectivity index (χ1n) is 6.28. The van der Waals surface area contributed by atoms with Gasteiger partial charge in [-0.2, -0.15) is 0 Å². The molecule has 1 unspecified atom stereocenters. The van der Waals surface area contributed by atoms with Crippen LogP contribution in [0, 0.1) is 0 Å². The van der Waals surface area contributed by atoms with Gasteiger partial charge in [-0.1, -0.05) is 30.3 Å². The van der Waals surface area contributed by atoms with Crippen molar-refractivity contribution >= 4 is 11.9 Å². The standard InChI is InChI=1S/C15H13F3O4/c1-21-13-8-14(9-19,22-15(16,17)18)11(7-12(13)20)10-5-3-2-4-6-10/h2-7,9,20H,8H2,1H3. The van der Waals surface area contributed by atoms with E-state index < -0.39 is 18.4 Å². The van der Waals surface area contributed by atoms with Crippen molar-refractivity contribution in [2.75, 3.05) is 7.11 Å². The Bertz CT molecular complexity index is 619. The van der Waals surface area contributed by atoms with Crippen LogP contribution in [0.1, 0.15) is 12.0 Å². The lowest BCUT2D eigenvalue weighted by Gasteiger charge is -2.34. The quantitative estimate of drug-likeness (QED) is 0.866. The summed E-state index contributed by atoms with van der Waals surface area (Å²) in [6, 6.07) is 7.93. The number of ether oxygens (including phenoxy) is 2. The Kier molecular flexibility index (Phi) is 4.27. The predicted molar refractivity (Wildman–Crippen MR) is 71.6 cm³/mol. The third kappa shape index (κ3) is 3.14. The molecule has 118 valence electrons. The molecule has 2 rings (SSSR count). The molecule has 4 nitrogen and oxygen atoms in total. The van der Waals surface area contributed by atoms with Gasteiger partial charge >= 0.3 is 6.36 Å². The van der Waals surface area contributed by atoms with Crippen LogP contribution >= 0.6 is 0 Å². The molecule has 0 radical (unpaired) electrons. The van der Waals surface area contributed by atoms with Gasteiger partial charge in [0.05, 0.1) is 7.11 Å². The van der Waals surface area contributed by atoms with E-state index >= 15 is 0 Å². The first kappa shape index (κ1) is 16.1. The van der Waals surface area contributed by atoms with Crippen LogP contribution in [0.5, 0.6) is 0 Å². The topological polar surface area (TPSA) is 55.8 Å². The maximum absolute atomic E-state index is 12.8. The first-order chi connectivity index (χ1) is 10.3. The molecule has 0 amide bonds. The summed E-state index contributed by atoms with van der Waals surface area (Å²) in [7, 11) is 1.19. The van der Waals surface area contributed by atoms with Crippen LogP contribution in [-0.4, -0.2) is 30.5 Å². The molecule has 1 aromatic carbocycles. The molecule has 0 fully saturated rings. The molecule has 7 heteroatoms. The number of aliphatic hydroxyl groups is 1. The Morgan fingerprint density at radius 3 is 2.41 bits per heavy atom. The first-order valence-corrected chi connectivity index (χ1v) is 6.28. The lowest BCUT2D eigenvalue weighted by Crippen LogP contribution is -2.43. The van der Waals surface area contributed by atoms with E-state index in [1.54, 1.807) is 18.2 Å². The van der Waals surface area contributed by atoms with E-state index in [1.807, 2.05) is 0 Å². The monoisotopic (exact) mass is 314 g/mol. The van der Waals surface area contributed by atoms with E-state index in [4.69, 9.17) is 4.74 Å². The molecule has 0 spiro atoms. The Morgan fingerprint density at radius 1 is 1.27 bits per heavy atom. The number of aliphatic hydroxyl groups excluding tert-OH is 1. The molecular weight excluding hydrogens is 301 g/mol. The molecule has 0 saturated carbocycles. The molecule has 1 N–H and O–H groups in total. The average Bonchev–Trinajstić information content (AvgIpc) is 2.48. The molecule has 22 heavy (non-hydrogen) atoms. The second-order valence-corrected chi connectivity index (χ2v) is 4.67. The molecule has 1 aliphatic rings. The maximum Gasteiger partial charge on any atom is 0.523 e. The summed E-state index contributed by atoms with van der Waals surface area (Å²) in [4.78, 5) is 11.5. The van der Waals surface area contributed by atoms with Gasteiger partial charge in [-0.15, -0.1) is 13.2 Å². The van der Waals surface area contributed by atoms with Gasteiger partial charge in [0, 0.05) is 12.0 Å². The fourth-order valence-electron chi connectivity index (χ4n) is 2.31. The van der Waals surface area contributed by atoms with Crippen molar-refractivity contribution in [3.05, 3.63) is 53.5 Å². The lowest BCUT2D eigenvalue weighted by molar-refractivity contribution is -0.348. The molecule has 1 aliphatic carbocycles. The van der Waals surface area contributed by atoms with Crippen molar-refractivity contribution in [2.45, 2.75) is 18.4 Å². The smallest absolute Gasteiger partial charge is 0.504 e. The number of hydrogen-bond acceptors (Lipinski definition) is 4. The van der Waals surface area contributed by atoms with E-state index in [1.165, 1.54) is 19.2 Å². The highest BCUT2D eigenvalue weighted by molar-refractivity contribution is 5.91. The summed E-state index contributed by atoms with van der Waals surface area (Å²) >= 11 is 0. The molecule has 1 aromatic rings. The lowest BCUT2D eigenvalue weighted by atomic mass is 9.82. The van der Waals surface area contributed by atoms with Crippen LogP contribution in [0.25, 0.3) is 5.57 Å². The van der Waals surface area contributed by atoms with Gasteiger partial charge in [0.1, 0.15) is 5.76 Å². The van der Waals surface area contributed by atoms with Crippen LogP contribution in [0.15, 0.2) is 47.9 Å². The van der Waals surface area contributed by atoms with Crippen LogP contribution in [0.2, 0.25) is 0 Å². The van der Waals surface area contributed by atoms with Crippen molar-refractivity contribution in [3.8, 4) is 0 Å². The van der Waals surface area contributed by atoms with Crippen LogP contribution in [0.4, 0.5) is 13.2 Å². The molecule has 0 aliphatic heterocycles. The Labute approximate surface area is 124 Å². The number of methoxy groups -OCH3 is 1. The molecule has 0 saturated heterocycles. The number of halogens is 3. The maximum atomic E-state index is 12.8. The van der Waals surface area contributed by atoms with Gasteiger partial charge in [-0.3, -0.25) is 9.53 Å². The number of benzene rings is 1. The second kappa shape index (κ2) is 5.84. The normalized spacial score (nSPS) is 22.3. The minimum absolute atomic E-state index is 0.0742. The SMILES string of the molecule is COC1=C(O)C=C(c2ccccc2)C(C=O)(OC(F)(F)F)C1. The van der Waals surface area contributed by atoms with Crippen molar-refractivity contribution in [3.63, 3.8) is 0 Å². The fraction of sp³-hybridized carbons (Fsp3) is 0.267. The van der Waals surface area contributed by atoms with Crippen LogP contribution in [-0.2, 0) is 14.3 Å². The van der Waals surface area contributed by atoms with Gasteiger partial charge in [-0.05, 0) is 11.6 Å². The van der Waals surface area contributed by atoms with Crippen molar-refractivity contribution in [1.82, 2.24) is 0 Å². The Balaban J connectivity index is 2.60. The number of alkyl halides is 3. The average molecular weight is 314 g/mol. The fourth-order valence-corrected chi connectivity index (χ4v) is 2.31. The Morgan fingerprint density at radius 2 is 1.91 bits per heavy atom. The van der Waals surface area contributed by atoms with Crippen molar-refractivity contribution < 1.29 is 32.5 Å². The second-order valence-electron chi connectivity index (χ2n) is 4.67. The summed E-state index contributed by atoms with van der Waals surface area (Å²) < 4.78 is 47.2. The summed E-state index contributed by atoms with van der Waals surface area (Å²) in [6.45, 7) is 0. The molecule has 0 heterocycles. The number of carbonyl (C=O) groups is 1. The summed E-state index contributed by atoms with van der Waals surface area (Å²) in [5.74, 6) is -0.499. The molecule has 0 bridgehead atoms. The summed E-state index contributed by atoms with van der Waals surface area (Å²) in [5, 5.41) is 9.85. The number of rotatable bonds is 4. The number of hydrogen-bond donors (Lipinski definition) is 1. The van der Waals surface area contributed by atoms with Gasteiger partial charge in [0.2, 0.25) is 0 Å². The van der Waals surface area contributed by atoms with Gasteiger partial charge < -0.3 is 9.84 Å². The molecular formula is C15H13F3O4. The van der Waals surface area contributed by atoms with Crippen LogP contribution in [0.3, 0.4) is 0 Å². The van der Waals surface area contributed by atoms with Gasteiger partial charge in [0.15, 0.2) is 17.6 Å². The third-order valence-corrected chi connectivity index (χ3v) is 3.27. The van der Waals surface area contributed by atoms with Crippen LogP contribution < -0.4 is 0 Å². The Hall–Kier alpha value is -2.28. The zero-order valence-electron chi connectivity index (χ0n) is 11.6. The minimum atomic E-state index is -5.03. The zero-order chi connectivity index (χ0) is 16.4. The van der Waals surface area contributed by atoms with Crippen molar-refractivity contribution in [1.29, 1.82) is 0 Å². The zero-order valence-corrected chi connectivity index (χ0v) is 11.6. The highest BCUT2D eigenvalue weighted by Crippen LogP contribution is 2.43. The number of allylic oxidation sites excluding steroid dienone is 1. The number of aldehydes is 1. The summed E-state index contributed by atoms with van der Waals surface area (Å²) in [6.07, 6.45) is -4.46. The van der Waals surface area contributed by atoms with E-state index in [-0.39, 0.29) is 23.4 Å². The van der Waals surface area contributed by atoms with Gasteiger partial charge in [0.25, 0.3) is 0 Å². The minimum Gasteiger partial charge on any atom is -0.504 e. The van der Waals surface area contributed by atoms with E-state index in [0.717, 1.165) is 6.08 Å². The molecule has 0 aromatic heterocycles. The summed E-state index contributed by atoms with van der Waals surface area (Å²) in [5.41, 5.74) is -2.06. The molecule has 1 atom stereocenters. The van der Waals surface area contributed by atoms with E-state index in [0.29, 0.717) is 5.56 Å². The number of carbonyl (C=O) groups excluding carboxylic acids is 1. The third-order valence-electron chi connectivity index (χ3n) is 3.27. The van der Waals surface area contributed by atoms with E-state index in [2.05, 4.69) is 4.74 Å². The predicted octanol–water partition coefficient (Wildman–Crippen LogP) is 3.36. The highest BCUT2D eigenvalue weighted by atomic mass is 19.4.